The van der Waals surface area contributed by atoms with Gasteiger partial charge < -0.3 is 9.47 Å². The average Bonchev–Trinajstić information content (AvgIpc) is 2.36. The summed E-state index contributed by atoms with van der Waals surface area (Å²) in [4.78, 5) is 0. The van der Waals surface area contributed by atoms with Crippen LogP contribution in [0, 0.1) is 5.41 Å². The fraction of sp³-hybridized carbons (Fsp3) is 0.857. The highest BCUT2D eigenvalue weighted by atomic mass is 16.7. The van der Waals surface area contributed by atoms with Gasteiger partial charge in [0.05, 0.1) is 13.2 Å². The van der Waals surface area contributed by atoms with Gasteiger partial charge in [-0.1, -0.05) is 18.6 Å². The number of ether oxygens (including phenoxy) is 2. The monoisotopic (exact) mass is 222 g/mol. The molecular formula is C14H22O2. The first-order valence-electron chi connectivity index (χ1n) is 6.76. The predicted octanol–water partition coefficient (Wildman–Crippen LogP) is 3.42. The van der Waals surface area contributed by atoms with E-state index in [1.165, 1.54) is 32.1 Å². The Labute approximate surface area is 98.0 Å². The summed E-state index contributed by atoms with van der Waals surface area (Å²) in [6.07, 6.45) is 14.3. The van der Waals surface area contributed by atoms with Crippen LogP contribution < -0.4 is 0 Å². The fourth-order valence-corrected chi connectivity index (χ4v) is 3.24. The molecule has 2 fully saturated rings. The van der Waals surface area contributed by atoms with Crippen LogP contribution in [-0.4, -0.2) is 19.0 Å². The number of rotatable bonds is 0. The first-order valence-corrected chi connectivity index (χ1v) is 6.76. The summed E-state index contributed by atoms with van der Waals surface area (Å²) in [5.74, 6) is -0.190. The van der Waals surface area contributed by atoms with E-state index in [0.717, 1.165) is 32.5 Å². The zero-order valence-electron chi connectivity index (χ0n) is 10.0. The molecule has 0 radical (unpaired) electrons. The Morgan fingerprint density at radius 1 is 0.812 bits per heavy atom. The van der Waals surface area contributed by atoms with Gasteiger partial charge in [0.1, 0.15) is 0 Å². The summed E-state index contributed by atoms with van der Waals surface area (Å²) in [7, 11) is 0. The van der Waals surface area contributed by atoms with Gasteiger partial charge in [0.25, 0.3) is 0 Å². The van der Waals surface area contributed by atoms with Gasteiger partial charge in [0, 0.05) is 18.3 Å². The lowest BCUT2D eigenvalue weighted by molar-refractivity contribution is -0.315. The summed E-state index contributed by atoms with van der Waals surface area (Å²) in [6, 6.07) is 0. The fourth-order valence-electron chi connectivity index (χ4n) is 3.24. The zero-order valence-corrected chi connectivity index (χ0v) is 10.0. The lowest BCUT2D eigenvalue weighted by atomic mass is 9.77. The molecule has 1 saturated heterocycles. The van der Waals surface area contributed by atoms with Gasteiger partial charge in [-0.2, -0.15) is 0 Å². The Morgan fingerprint density at radius 3 is 2.19 bits per heavy atom. The van der Waals surface area contributed by atoms with Gasteiger partial charge in [-0.3, -0.25) is 0 Å². The molecule has 0 aromatic carbocycles. The molecule has 0 unspecified atom stereocenters. The smallest absolute Gasteiger partial charge is 0.168 e. The Hall–Kier alpha value is -0.340. The van der Waals surface area contributed by atoms with Crippen molar-refractivity contribution in [2.75, 3.05) is 13.2 Å². The van der Waals surface area contributed by atoms with Crippen LogP contribution in [0.15, 0.2) is 12.2 Å². The van der Waals surface area contributed by atoms with Crippen molar-refractivity contribution in [1.29, 1.82) is 0 Å². The molecule has 0 N–H and O–H groups in total. The van der Waals surface area contributed by atoms with Gasteiger partial charge in [0.2, 0.25) is 0 Å². The third-order valence-corrected chi connectivity index (χ3v) is 4.46. The standard InChI is InChI=1S/C14H22O2/c1-3-7-13(8-4-1)11-15-14(16-12-13)9-5-2-6-10-14/h1,3H,2,4-12H2. The Kier molecular flexibility index (Phi) is 2.80. The molecule has 0 aromatic heterocycles. The highest BCUT2D eigenvalue weighted by Crippen LogP contribution is 2.43. The molecule has 2 nitrogen and oxygen atoms in total. The van der Waals surface area contributed by atoms with E-state index in [0.29, 0.717) is 5.41 Å². The van der Waals surface area contributed by atoms with E-state index in [1.807, 2.05) is 0 Å². The Bertz CT molecular complexity index is 266. The minimum Gasteiger partial charge on any atom is -0.349 e. The topological polar surface area (TPSA) is 18.5 Å². The molecule has 1 saturated carbocycles. The molecule has 16 heavy (non-hydrogen) atoms. The molecular weight excluding hydrogens is 200 g/mol. The lowest BCUT2D eigenvalue weighted by Crippen LogP contribution is -2.50. The molecule has 3 aliphatic rings. The SMILES string of the molecule is C1=CCC2(CC1)COC1(CCCCC1)OC2. The van der Waals surface area contributed by atoms with Crippen molar-refractivity contribution in [2.45, 2.75) is 57.2 Å². The van der Waals surface area contributed by atoms with Crippen molar-refractivity contribution in [2.24, 2.45) is 5.41 Å². The van der Waals surface area contributed by atoms with Crippen molar-refractivity contribution in [3.05, 3.63) is 12.2 Å². The lowest BCUT2D eigenvalue weighted by Gasteiger charge is -2.48. The maximum Gasteiger partial charge on any atom is 0.168 e. The predicted molar refractivity (Wildman–Crippen MR) is 63.1 cm³/mol. The largest absolute Gasteiger partial charge is 0.349 e. The molecule has 2 spiro atoms. The van der Waals surface area contributed by atoms with Crippen LogP contribution in [-0.2, 0) is 9.47 Å². The molecule has 1 aliphatic heterocycles. The van der Waals surface area contributed by atoms with E-state index >= 15 is 0 Å². The van der Waals surface area contributed by atoms with Gasteiger partial charge in [-0.25, -0.2) is 0 Å². The quantitative estimate of drug-likeness (QED) is 0.585. The first kappa shape index (κ1) is 10.8. The van der Waals surface area contributed by atoms with Crippen LogP contribution in [0.5, 0.6) is 0 Å². The van der Waals surface area contributed by atoms with E-state index in [4.69, 9.17) is 9.47 Å². The molecule has 0 amide bonds. The second-order valence-electron chi connectivity index (χ2n) is 5.76. The number of hydrogen-bond donors (Lipinski definition) is 0. The van der Waals surface area contributed by atoms with E-state index in [-0.39, 0.29) is 5.79 Å². The Balaban J connectivity index is 1.64. The molecule has 2 heteroatoms. The second-order valence-corrected chi connectivity index (χ2v) is 5.76. The normalized spacial score (nSPS) is 32.0. The van der Waals surface area contributed by atoms with E-state index in [2.05, 4.69) is 12.2 Å². The van der Waals surface area contributed by atoms with E-state index in [9.17, 15) is 0 Å². The summed E-state index contributed by atoms with van der Waals surface area (Å²) in [5.41, 5.74) is 0.303. The number of hydrogen-bond acceptors (Lipinski definition) is 2. The van der Waals surface area contributed by atoms with Crippen molar-refractivity contribution < 1.29 is 9.47 Å². The molecule has 3 rings (SSSR count). The maximum atomic E-state index is 6.14. The first-order chi connectivity index (χ1) is 7.83. The van der Waals surface area contributed by atoms with Crippen LogP contribution in [0.3, 0.4) is 0 Å². The third-order valence-electron chi connectivity index (χ3n) is 4.46. The van der Waals surface area contributed by atoms with Gasteiger partial charge in [-0.05, 0) is 32.1 Å². The van der Waals surface area contributed by atoms with E-state index < -0.39 is 0 Å². The highest BCUT2D eigenvalue weighted by Gasteiger charge is 2.44. The molecule has 0 atom stereocenters. The summed E-state index contributed by atoms with van der Waals surface area (Å²) in [5, 5.41) is 0. The third kappa shape index (κ3) is 1.93. The minimum atomic E-state index is -0.190. The van der Waals surface area contributed by atoms with Gasteiger partial charge in [0.15, 0.2) is 5.79 Å². The highest BCUT2D eigenvalue weighted by molar-refractivity contribution is 5.00. The zero-order chi connectivity index (χ0) is 10.9. The maximum absolute atomic E-state index is 6.14. The van der Waals surface area contributed by atoms with Crippen molar-refractivity contribution in [3.63, 3.8) is 0 Å². The van der Waals surface area contributed by atoms with Gasteiger partial charge in [-0.15, -0.1) is 0 Å². The Morgan fingerprint density at radius 2 is 1.56 bits per heavy atom. The van der Waals surface area contributed by atoms with Crippen LogP contribution in [0.1, 0.15) is 51.4 Å². The molecule has 90 valence electrons. The molecule has 0 bridgehead atoms. The average molecular weight is 222 g/mol. The van der Waals surface area contributed by atoms with Gasteiger partial charge >= 0.3 is 0 Å². The van der Waals surface area contributed by atoms with Crippen molar-refractivity contribution in [3.8, 4) is 0 Å². The van der Waals surface area contributed by atoms with Crippen molar-refractivity contribution >= 4 is 0 Å². The molecule has 2 aliphatic carbocycles. The van der Waals surface area contributed by atoms with Crippen molar-refractivity contribution in [1.82, 2.24) is 0 Å². The van der Waals surface area contributed by atoms with Crippen LogP contribution >= 0.6 is 0 Å². The molecule has 0 aromatic rings. The summed E-state index contributed by atoms with van der Waals surface area (Å²) >= 11 is 0. The summed E-state index contributed by atoms with van der Waals surface area (Å²) < 4.78 is 12.3. The van der Waals surface area contributed by atoms with Crippen LogP contribution in [0.25, 0.3) is 0 Å². The second kappa shape index (κ2) is 4.15. The van der Waals surface area contributed by atoms with Crippen LogP contribution in [0.4, 0.5) is 0 Å². The summed E-state index contributed by atoms with van der Waals surface area (Å²) in [6.45, 7) is 1.83. The number of allylic oxidation sites excluding steroid dienone is 2. The van der Waals surface area contributed by atoms with E-state index in [1.54, 1.807) is 0 Å². The van der Waals surface area contributed by atoms with Crippen LogP contribution in [0.2, 0.25) is 0 Å². The minimum absolute atomic E-state index is 0.190. The molecule has 1 heterocycles.